The number of benzene rings is 1. The maximum absolute atomic E-state index is 12.9. The Morgan fingerprint density at radius 1 is 1.24 bits per heavy atom. The van der Waals surface area contributed by atoms with E-state index in [2.05, 4.69) is 37.1 Å². The van der Waals surface area contributed by atoms with E-state index < -0.39 is 0 Å². The number of carbonyl (C=O) groups is 1. The topological polar surface area (TPSA) is 108 Å². The lowest BCUT2D eigenvalue weighted by atomic mass is 10.1. The molecule has 3 aromatic rings. The molecule has 1 atom stereocenters. The standard InChI is InChI=1S/C24H30N8O2/c1-17-5-4-6-18(13-17)14-26-30-21-16-32-15-19(24(33)29-20-7-2-3-8-25-20)27-22(32)23(28-21)31-9-11-34-12-10-31/h4-6,13-16,20,25,30H,2-3,7-12H2,1H3,(H,29,33)/b26-14+. The summed E-state index contributed by atoms with van der Waals surface area (Å²) < 4.78 is 7.35. The van der Waals surface area contributed by atoms with Crippen LogP contribution in [0.1, 0.15) is 40.9 Å². The molecular weight excluding hydrogens is 432 g/mol. The summed E-state index contributed by atoms with van der Waals surface area (Å²) in [6.07, 6.45) is 8.45. The van der Waals surface area contributed by atoms with Crippen molar-refractivity contribution in [2.75, 3.05) is 43.2 Å². The molecule has 5 rings (SSSR count). The van der Waals surface area contributed by atoms with Crippen LogP contribution in [0.3, 0.4) is 0 Å². The van der Waals surface area contributed by atoms with Gasteiger partial charge >= 0.3 is 0 Å². The van der Waals surface area contributed by atoms with Crippen LogP contribution in [0, 0.1) is 6.92 Å². The number of hydrogen-bond acceptors (Lipinski definition) is 8. The number of anilines is 2. The van der Waals surface area contributed by atoms with Crippen LogP contribution in [0.5, 0.6) is 0 Å². The van der Waals surface area contributed by atoms with Crippen molar-refractivity contribution >= 4 is 29.4 Å². The van der Waals surface area contributed by atoms with Crippen molar-refractivity contribution in [3.63, 3.8) is 0 Å². The molecule has 2 aromatic heterocycles. The molecule has 1 aromatic carbocycles. The van der Waals surface area contributed by atoms with E-state index in [0.29, 0.717) is 49.3 Å². The minimum Gasteiger partial charge on any atom is -0.378 e. The number of aryl methyl sites for hydroxylation is 1. The van der Waals surface area contributed by atoms with Crippen molar-refractivity contribution in [2.24, 2.45) is 5.10 Å². The highest BCUT2D eigenvalue weighted by Crippen LogP contribution is 2.23. The van der Waals surface area contributed by atoms with Crippen molar-refractivity contribution in [3.05, 3.63) is 53.5 Å². The average molecular weight is 463 g/mol. The maximum Gasteiger partial charge on any atom is 0.272 e. The van der Waals surface area contributed by atoms with Gasteiger partial charge in [0, 0.05) is 19.3 Å². The third kappa shape index (κ3) is 5.18. The molecule has 1 amide bonds. The zero-order chi connectivity index (χ0) is 23.3. The number of morpholine rings is 1. The van der Waals surface area contributed by atoms with Crippen LogP contribution in [-0.4, -0.2) is 65.5 Å². The molecule has 10 heteroatoms. The number of hydrogen-bond donors (Lipinski definition) is 3. The van der Waals surface area contributed by atoms with Gasteiger partial charge < -0.3 is 15.0 Å². The van der Waals surface area contributed by atoms with Gasteiger partial charge in [-0.05, 0) is 38.3 Å². The Bertz CT molecular complexity index is 1180. The van der Waals surface area contributed by atoms with Gasteiger partial charge in [-0.15, -0.1) is 0 Å². The van der Waals surface area contributed by atoms with Gasteiger partial charge in [-0.3, -0.25) is 19.9 Å². The van der Waals surface area contributed by atoms with E-state index in [9.17, 15) is 4.79 Å². The first-order valence-corrected chi connectivity index (χ1v) is 11.8. The summed E-state index contributed by atoms with van der Waals surface area (Å²) in [6, 6.07) is 8.10. The van der Waals surface area contributed by atoms with E-state index in [4.69, 9.17) is 9.72 Å². The van der Waals surface area contributed by atoms with Crippen molar-refractivity contribution in [3.8, 4) is 0 Å². The fourth-order valence-electron chi connectivity index (χ4n) is 4.26. The molecule has 2 aliphatic heterocycles. The van der Waals surface area contributed by atoms with E-state index in [1.54, 1.807) is 18.6 Å². The van der Waals surface area contributed by atoms with Gasteiger partial charge in [-0.2, -0.15) is 5.10 Å². The molecule has 4 heterocycles. The second-order valence-corrected chi connectivity index (χ2v) is 8.67. The van der Waals surface area contributed by atoms with Crippen molar-refractivity contribution < 1.29 is 9.53 Å². The Morgan fingerprint density at radius 3 is 2.91 bits per heavy atom. The first-order chi connectivity index (χ1) is 16.7. The van der Waals surface area contributed by atoms with Gasteiger partial charge in [-0.1, -0.05) is 29.8 Å². The van der Waals surface area contributed by atoms with Crippen LogP contribution < -0.4 is 21.0 Å². The van der Waals surface area contributed by atoms with E-state index in [1.807, 2.05) is 29.5 Å². The van der Waals surface area contributed by atoms with Crippen LogP contribution in [0.15, 0.2) is 41.8 Å². The summed E-state index contributed by atoms with van der Waals surface area (Å²) in [5.74, 6) is 1.08. The molecule has 178 valence electrons. The largest absolute Gasteiger partial charge is 0.378 e. The summed E-state index contributed by atoms with van der Waals surface area (Å²) in [5.41, 5.74) is 6.20. The van der Waals surface area contributed by atoms with Crippen LogP contribution >= 0.6 is 0 Å². The molecule has 0 bridgehead atoms. The molecule has 10 nitrogen and oxygen atoms in total. The predicted octanol–water partition coefficient (Wildman–Crippen LogP) is 2.15. The molecule has 2 aliphatic rings. The van der Waals surface area contributed by atoms with Gasteiger partial charge in [0.1, 0.15) is 5.69 Å². The Balaban J connectivity index is 1.41. The van der Waals surface area contributed by atoms with E-state index >= 15 is 0 Å². The van der Waals surface area contributed by atoms with E-state index in [0.717, 1.165) is 31.4 Å². The van der Waals surface area contributed by atoms with Crippen LogP contribution in [0.25, 0.3) is 5.65 Å². The van der Waals surface area contributed by atoms with Gasteiger partial charge in [0.2, 0.25) is 0 Å². The third-order valence-corrected chi connectivity index (χ3v) is 6.01. The molecule has 3 N–H and O–H groups in total. The molecule has 2 saturated heterocycles. The number of hydrazone groups is 1. The van der Waals surface area contributed by atoms with E-state index in [-0.39, 0.29) is 12.1 Å². The Kier molecular flexibility index (Phi) is 6.68. The average Bonchev–Trinajstić information content (AvgIpc) is 3.29. The van der Waals surface area contributed by atoms with Crippen molar-refractivity contribution in [2.45, 2.75) is 32.4 Å². The summed E-state index contributed by atoms with van der Waals surface area (Å²) in [7, 11) is 0. The quantitative estimate of drug-likeness (QED) is 0.381. The minimum absolute atomic E-state index is 0.0175. The first-order valence-electron chi connectivity index (χ1n) is 11.8. The second-order valence-electron chi connectivity index (χ2n) is 8.67. The minimum atomic E-state index is -0.192. The molecule has 1 unspecified atom stereocenters. The number of ether oxygens (including phenoxy) is 1. The molecule has 34 heavy (non-hydrogen) atoms. The fourth-order valence-corrected chi connectivity index (χ4v) is 4.26. The number of nitrogens with one attached hydrogen (secondary N) is 3. The Morgan fingerprint density at radius 2 is 2.12 bits per heavy atom. The number of carbonyl (C=O) groups excluding carboxylic acids is 1. The summed E-state index contributed by atoms with van der Waals surface area (Å²) >= 11 is 0. The number of aromatic nitrogens is 3. The molecule has 0 radical (unpaired) electrons. The predicted molar refractivity (Wildman–Crippen MR) is 132 cm³/mol. The number of fused-ring (bicyclic) bond motifs is 1. The molecular formula is C24H30N8O2. The highest BCUT2D eigenvalue weighted by Gasteiger charge is 2.22. The Hall–Kier alpha value is -3.50. The van der Waals surface area contributed by atoms with Gasteiger partial charge in [-0.25, -0.2) is 9.97 Å². The Labute approximate surface area is 198 Å². The summed E-state index contributed by atoms with van der Waals surface area (Å²) in [6.45, 7) is 5.63. The lowest BCUT2D eigenvalue weighted by Gasteiger charge is -2.28. The molecule has 2 fully saturated rings. The van der Waals surface area contributed by atoms with Gasteiger partial charge in [0.05, 0.1) is 31.8 Å². The number of rotatable bonds is 6. The third-order valence-electron chi connectivity index (χ3n) is 6.01. The van der Waals surface area contributed by atoms with Crippen LogP contribution in [0.2, 0.25) is 0 Å². The smallest absolute Gasteiger partial charge is 0.272 e. The first kappa shape index (κ1) is 22.3. The lowest BCUT2D eigenvalue weighted by Crippen LogP contribution is -2.47. The van der Waals surface area contributed by atoms with Crippen molar-refractivity contribution in [1.29, 1.82) is 0 Å². The molecule has 0 saturated carbocycles. The summed E-state index contributed by atoms with van der Waals surface area (Å²) in [4.78, 5) is 24.4. The molecule has 0 spiro atoms. The van der Waals surface area contributed by atoms with Crippen LogP contribution in [-0.2, 0) is 4.74 Å². The van der Waals surface area contributed by atoms with E-state index in [1.165, 1.54) is 5.56 Å². The van der Waals surface area contributed by atoms with Crippen molar-refractivity contribution in [1.82, 2.24) is 25.0 Å². The van der Waals surface area contributed by atoms with Crippen LogP contribution in [0.4, 0.5) is 11.6 Å². The highest BCUT2D eigenvalue weighted by atomic mass is 16.5. The monoisotopic (exact) mass is 462 g/mol. The number of piperidine rings is 1. The molecule has 0 aliphatic carbocycles. The lowest BCUT2D eigenvalue weighted by molar-refractivity contribution is 0.0917. The van der Waals surface area contributed by atoms with Gasteiger partial charge in [0.15, 0.2) is 17.3 Å². The number of nitrogens with zero attached hydrogens (tertiary/aromatic N) is 5. The number of imidazole rings is 1. The zero-order valence-corrected chi connectivity index (χ0v) is 19.3. The SMILES string of the molecule is Cc1cccc(/C=N/Nc2cn3cc(C(=O)NC4CCCCN4)nc3c(N3CCOCC3)n2)c1. The highest BCUT2D eigenvalue weighted by molar-refractivity contribution is 5.93. The normalized spacial score (nSPS) is 19.0. The number of amides is 1. The fraction of sp³-hybridized carbons (Fsp3) is 0.417. The maximum atomic E-state index is 12.9. The zero-order valence-electron chi connectivity index (χ0n) is 19.3. The second kappa shape index (κ2) is 10.2. The van der Waals surface area contributed by atoms with Gasteiger partial charge in [0.25, 0.3) is 5.91 Å². The summed E-state index contributed by atoms with van der Waals surface area (Å²) in [5, 5.41) is 10.7.